The van der Waals surface area contributed by atoms with Crippen LogP contribution in [0.25, 0.3) is 0 Å². The third-order valence-corrected chi connectivity index (χ3v) is 6.81. The molecular weight excluding hydrogens is 485 g/mol. The molecule has 0 saturated carbocycles. The predicted octanol–water partition coefficient (Wildman–Crippen LogP) is 2.78. The molecule has 202 valence electrons. The van der Waals surface area contributed by atoms with Crippen molar-refractivity contribution in [2.45, 2.75) is 51.5 Å². The minimum atomic E-state index is -0.649. The average Bonchev–Trinajstić information content (AvgIpc) is 2.91. The van der Waals surface area contributed by atoms with Crippen LogP contribution in [0.15, 0.2) is 54.6 Å². The summed E-state index contributed by atoms with van der Waals surface area (Å²) in [5.74, 6) is 1.73. The van der Waals surface area contributed by atoms with Gasteiger partial charge >= 0.3 is 0 Å². The molecule has 2 aliphatic rings. The number of nitrogens with zero attached hydrogens (tertiary/aromatic N) is 4. The van der Waals surface area contributed by atoms with Gasteiger partial charge in [-0.15, -0.1) is 6.42 Å². The van der Waals surface area contributed by atoms with Gasteiger partial charge in [-0.1, -0.05) is 61.7 Å². The summed E-state index contributed by atoms with van der Waals surface area (Å²) < 4.78 is 13.3. The normalized spacial score (nSPS) is 20.2. The highest BCUT2D eigenvalue weighted by molar-refractivity contribution is 5.91. The summed E-state index contributed by atoms with van der Waals surface area (Å²) in [6.07, 6.45) is 6.63. The number of halogens is 1. The maximum Gasteiger partial charge on any atom is 0.246 e. The molecule has 0 aromatic heterocycles. The quantitative estimate of drug-likeness (QED) is 0.427. The van der Waals surface area contributed by atoms with E-state index in [1.165, 1.54) is 32.6 Å². The van der Waals surface area contributed by atoms with Crippen molar-refractivity contribution in [3.63, 3.8) is 0 Å². The van der Waals surface area contributed by atoms with Crippen LogP contribution in [-0.4, -0.2) is 76.9 Å². The molecule has 0 radical (unpaired) electrons. The molecule has 2 saturated heterocycles. The van der Waals surface area contributed by atoms with Gasteiger partial charge in [-0.05, 0) is 43.7 Å². The molecule has 38 heavy (non-hydrogen) atoms. The monoisotopic (exact) mass is 521 g/mol. The lowest BCUT2D eigenvalue weighted by Gasteiger charge is -2.55. The number of nitrogens with one attached hydrogen (secondary N) is 1. The summed E-state index contributed by atoms with van der Waals surface area (Å²) in [5.41, 5.74) is 2.11. The standard InChI is InChI=1S/C21H25FN4O3.C8H11N/c1-4-6-18-21(29)24(15(3)16-7-9-17(22)10-8-16)12-19-25(14-27)23(11-5-2)13-20(28)26(18)19;1-9-7-8-5-3-2-4-6-8/h2,7-10,14-15,18-19H,4,6,11-13H2,1,3H3;2-6,9H,7H2,1H3/t15?,18-,19?;/m0./s1. The maximum absolute atomic E-state index is 13.3. The summed E-state index contributed by atoms with van der Waals surface area (Å²) in [6.45, 7) is 5.00. The highest BCUT2D eigenvalue weighted by atomic mass is 19.1. The average molecular weight is 522 g/mol. The first kappa shape index (κ1) is 28.8. The molecular formula is C29H36FN5O3. The van der Waals surface area contributed by atoms with E-state index in [9.17, 15) is 18.8 Å². The number of amides is 3. The number of terminal acetylenes is 1. The van der Waals surface area contributed by atoms with Crippen LogP contribution in [0.4, 0.5) is 4.39 Å². The zero-order chi connectivity index (χ0) is 27.7. The second kappa shape index (κ2) is 13.7. The first-order chi connectivity index (χ1) is 18.4. The minimum Gasteiger partial charge on any atom is -0.330 e. The number of hydrazine groups is 1. The van der Waals surface area contributed by atoms with Crippen LogP contribution < -0.4 is 5.32 Å². The van der Waals surface area contributed by atoms with Crippen molar-refractivity contribution < 1.29 is 18.8 Å². The Labute approximate surface area is 224 Å². The molecule has 9 heteroatoms. The molecule has 4 rings (SSSR count). The van der Waals surface area contributed by atoms with Crippen molar-refractivity contribution in [1.82, 2.24) is 25.1 Å². The number of fused-ring (bicyclic) bond motifs is 1. The van der Waals surface area contributed by atoms with E-state index in [-0.39, 0.29) is 43.3 Å². The molecule has 0 spiro atoms. The fourth-order valence-electron chi connectivity index (χ4n) is 4.92. The van der Waals surface area contributed by atoms with Crippen LogP contribution in [0.5, 0.6) is 0 Å². The SMILES string of the molecule is C#CCN1CC(=O)N2C(CN(C(C)c3ccc(F)cc3)C(=O)[C@@H]2CCC)N1C=O.CNCc1ccccc1. The molecule has 2 fully saturated rings. The molecule has 2 aliphatic heterocycles. The Morgan fingerprint density at radius 1 is 1.16 bits per heavy atom. The van der Waals surface area contributed by atoms with Gasteiger partial charge in [-0.25, -0.2) is 4.39 Å². The summed E-state index contributed by atoms with van der Waals surface area (Å²) in [5, 5.41) is 6.03. The van der Waals surface area contributed by atoms with Gasteiger partial charge in [0.1, 0.15) is 18.0 Å². The third kappa shape index (κ3) is 6.57. The Morgan fingerprint density at radius 3 is 2.42 bits per heavy atom. The highest BCUT2D eigenvalue weighted by Gasteiger charge is 2.50. The Morgan fingerprint density at radius 2 is 1.84 bits per heavy atom. The van der Waals surface area contributed by atoms with Crippen LogP contribution >= 0.6 is 0 Å². The Hall–Kier alpha value is -3.74. The zero-order valence-electron chi connectivity index (χ0n) is 22.2. The molecule has 8 nitrogen and oxygen atoms in total. The van der Waals surface area contributed by atoms with E-state index < -0.39 is 12.2 Å². The van der Waals surface area contributed by atoms with E-state index in [1.54, 1.807) is 17.0 Å². The zero-order valence-corrected chi connectivity index (χ0v) is 22.2. The van der Waals surface area contributed by atoms with Gasteiger partial charge in [0.05, 0.1) is 25.7 Å². The van der Waals surface area contributed by atoms with Gasteiger partial charge < -0.3 is 15.1 Å². The first-order valence-electron chi connectivity index (χ1n) is 12.8. The number of carbonyl (C=O) groups excluding carboxylic acids is 3. The second-order valence-electron chi connectivity index (χ2n) is 9.33. The van der Waals surface area contributed by atoms with Crippen molar-refractivity contribution in [2.24, 2.45) is 0 Å². The fraction of sp³-hybridized carbons (Fsp3) is 0.414. The van der Waals surface area contributed by atoms with E-state index in [0.717, 1.165) is 12.1 Å². The third-order valence-electron chi connectivity index (χ3n) is 6.81. The smallest absolute Gasteiger partial charge is 0.246 e. The first-order valence-corrected chi connectivity index (χ1v) is 12.8. The van der Waals surface area contributed by atoms with Crippen molar-refractivity contribution in [2.75, 3.05) is 26.7 Å². The summed E-state index contributed by atoms with van der Waals surface area (Å²) in [6, 6.07) is 15.3. The molecule has 2 unspecified atom stereocenters. The summed E-state index contributed by atoms with van der Waals surface area (Å²) in [4.78, 5) is 41.2. The molecule has 2 heterocycles. The van der Waals surface area contributed by atoms with Crippen LogP contribution in [0.2, 0.25) is 0 Å². The lowest BCUT2D eigenvalue weighted by molar-refractivity contribution is -0.200. The van der Waals surface area contributed by atoms with Crippen molar-refractivity contribution in [1.29, 1.82) is 0 Å². The Kier molecular flexibility index (Phi) is 10.4. The number of benzene rings is 2. The molecule has 3 atom stereocenters. The van der Waals surface area contributed by atoms with Crippen LogP contribution in [0.3, 0.4) is 0 Å². The molecule has 0 aliphatic carbocycles. The summed E-state index contributed by atoms with van der Waals surface area (Å²) >= 11 is 0. The van der Waals surface area contributed by atoms with Crippen LogP contribution in [0, 0.1) is 18.2 Å². The lowest BCUT2D eigenvalue weighted by atomic mass is 9.98. The molecule has 2 aromatic carbocycles. The van der Waals surface area contributed by atoms with Gasteiger partial charge in [0, 0.05) is 6.54 Å². The largest absolute Gasteiger partial charge is 0.330 e. The van der Waals surface area contributed by atoms with Crippen molar-refractivity contribution in [3.05, 3.63) is 71.5 Å². The number of hydrogen-bond acceptors (Lipinski definition) is 5. The van der Waals surface area contributed by atoms with E-state index >= 15 is 0 Å². The van der Waals surface area contributed by atoms with Gasteiger partial charge in [0.15, 0.2) is 0 Å². The maximum atomic E-state index is 13.3. The van der Waals surface area contributed by atoms with Crippen LogP contribution in [0.1, 0.15) is 43.9 Å². The number of piperazine rings is 1. The molecule has 0 bridgehead atoms. The predicted molar refractivity (Wildman–Crippen MR) is 143 cm³/mol. The highest BCUT2D eigenvalue weighted by Crippen LogP contribution is 2.32. The Bertz CT molecular complexity index is 1120. The molecule has 3 amide bonds. The fourth-order valence-corrected chi connectivity index (χ4v) is 4.92. The van der Waals surface area contributed by atoms with Gasteiger partial charge in [0.25, 0.3) is 0 Å². The van der Waals surface area contributed by atoms with Crippen molar-refractivity contribution >= 4 is 18.2 Å². The number of rotatable bonds is 8. The molecule has 2 aromatic rings. The van der Waals surface area contributed by atoms with Crippen LogP contribution in [-0.2, 0) is 20.9 Å². The minimum absolute atomic E-state index is 0.0412. The second-order valence-corrected chi connectivity index (χ2v) is 9.33. The topological polar surface area (TPSA) is 76.2 Å². The van der Waals surface area contributed by atoms with E-state index in [0.29, 0.717) is 19.3 Å². The summed E-state index contributed by atoms with van der Waals surface area (Å²) in [7, 11) is 1.95. The van der Waals surface area contributed by atoms with E-state index in [4.69, 9.17) is 6.42 Å². The van der Waals surface area contributed by atoms with Gasteiger partial charge in [-0.2, -0.15) is 5.01 Å². The van der Waals surface area contributed by atoms with E-state index in [1.807, 2.05) is 39.1 Å². The van der Waals surface area contributed by atoms with Gasteiger partial charge in [-0.3, -0.25) is 19.4 Å². The lowest BCUT2D eigenvalue weighted by Crippen LogP contribution is -2.74. The van der Waals surface area contributed by atoms with Gasteiger partial charge in [0.2, 0.25) is 18.2 Å². The number of hydrogen-bond donors (Lipinski definition) is 1. The van der Waals surface area contributed by atoms with Crippen molar-refractivity contribution in [3.8, 4) is 12.3 Å². The Balaban J connectivity index is 0.000000375. The molecule has 1 N–H and O–H groups in total. The van der Waals surface area contributed by atoms with E-state index in [2.05, 4.69) is 23.4 Å². The number of carbonyl (C=O) groups is 3.